The number of aromatic nitrogens is 3. The van der Waals surface area contributed by atoms with Crippen molar-refractivity contribution in [3.8, 4) is 0 Å². The predicted molar refractivity (Wildman–Crippen MR) is 55.0 cm³/mol. The third-order valence-electron chi connectivity index (χ3n) is 2.70. The van der Waals surface area contributed by atoms with Crippen molar-refractivity contribution in [2.45, 2.75) is 51.6 Å². The van der Waals surface area contributed by atoms with Crippen molar-refractivity contribution in [1.29, 1.82) is 0 Å². The molecule has 0 aromatic carbocycles. The predicted octanol–water partition coefficient (Wildman–Crippen LogP) is 1.07. The Bertz CT molecular complexity index is 316. The second-order valence-corrected chi connectivity index (χ2v) is 4.33. The first-order chi connectivity index (χ1) is 6.66. The average Bonchev–Trinajstić information content (AvgIpc) is 2.47. The van der Waals surface area contributed by atoms with E-state index in [9.17, 15) is 0 Å². The Hall–Kier alpha value is -0.900. The summed E-state index contributed by atoms with van der Waals surface area (Å²) in [6.07, 6.45) is 3.23. The number of aryl methyl sites for hydroxylation is 1. The van der Waals surface area contributed by atoms with Gasteiger partial charge in [-0.1, -0.05) is 6.92 Å². The molecule has 0 spiro atoms. The van der Waals surface area contributed by atoms with Gasteiger partial charge in [0.05, 0.1) is 0 Å². The molecule has 2 rings (SSSR count). The molecule has 0 bridgehead atoms. The number of nitrogens with zero attached hydrogens (tertiary/aromatic N) is 3. The monoisotopic (exact) mass is 194 g/mol. The Morgan fingerprint density at radius 2 is 2.43 bits per heavy atom. The second kappa shape index (κ2) is 3.69. The van der Waals surface area contributed by atoms with Gasteiger partial charge >= 0.3 is 0 Å². The fourth-order valence-corrected chi connectivity index (χ4v) is 1.98. The first-order valence-electron chi connectivity index (χ1n) is 5.36. The first-order valence-corrected chi connectivity index (χ1v) is 5.36. The lowest BCUT2D eigenvalue weighted by molar-refractivity contribution is 0.431. The van der Waals surface area contributed by atoms with E-state index >= 15 is 0 Å². The van der Waals surface area contributed by atoms with Crippen LogP contribution in [0, 0.1) is 0 Å². The number of fused-ring (bicyclic) bond motifs is 1. The molecule has 2 unspecified atom stereocenters. The van der Waals surface area contributed by atoms with E-state index in [-0.39, 0.29) is 6.04 Å². The van der Waals surface area contributed by atoms with Crippen LogP contribution < -0.4 is 5.73 Å². The van der Waals surface area contributed by atoms with Gasteiger partial charge in [-0.2, -0.15) is 5.10 Å². The summed E-state index contributed by atoms with van der Waals surface area (Å²) < 4.78 is 2.05. The molecule has 0 aliphatic carbocycles. The van der Waals surface area contributed by atoms with Crippen molar-refractivity contribution >= 4 is 0 Å². The Kier molecular flexibility index (Phi) is 2.54. The van der Waals surface area contributed by atoms with Crippen LogP contribution in [0.4, 0.5) is 0 Å². The molecule has 0 fully saturated rings. The highest BCUT2D eigenvalue weighted by atomic mass is 15.4. The number of hydrogen-bond donors (Lipinski definition) is 1. The minimum absolute atomic E-state index is 0.148. The van der Waals surface area contributed by atoms with E-state index in [1.165, 1.54) is 12.8 Å². The molecule has 78 valence electrons. The van der Waals surface area contributed by atoms with Gasteiger partial charge in [-0.25, -0.2) is 9.67 Å². The molecule has 4 nitrogen and oxygen atoms in total. The van der Waals surface area contributed by atoms with Gasteiger partial charge in [-0.3, -0.25) is 0 Å². The first kappa shape index (κ1) is 9.65. The van der Waals surface area contributed by atoms with E-state index in [0.29, 0.717) is 5.92 Å². The van der Waals surface area contributed by atoms with Crippen molar-refractivity contribution < 1.29 is 0 Å². The minimum atomic E-state index is 0.148. The smallest absolute Gasteiger partial charge is 0.152 e. The molecule has 1 aliphatic heterocycles. The molecule has 0 saturated heterocycles. The van der Waals surface area contributed by atoms with Crippen molar-refractivity contribution in [2.24, 2.45) is 5.73 Å². The zero-order valence-corrected chi connectivity index (χ0v) is 8.90. The van der Waals surface area contributed by atoms with Gasteiger partial charge in [-0.15, -0.1) is 0 Å². The van der Waals surface area contributed by atoms with Gasteiger partial charge in [0.25, 0.3) is 0 Å². The summed E-state index contributed by atoms with van der Waals surface area (Å²) in [7, 11) is 0. The van der Waals surface area contributed by atoms with Gasteiger partial charge in [0.2, 0.25) is 0 Å². The van der Waals surface area contributed by atoms with E-state index in [1.54, 1.807) is 0 Å². The van der Waals surface area contributed by atoms with Crippen LogP contribution in [0.5, 0.6) is 0 Å². The standard InChI is InChI=1S/C10H18N4/c1-7-4-3-5-14-10(7)12-9(13-14)6-8(2)11/h7-8H,3-6,11H2,1-2H3. The summed E-state index contributed by atoms with van der Waals surface area (Å²) >= 11 is 0. The largest absolute Gasteiger partial charge is 0.328 e. The fourth-order valence-electron chi connectivity index (χ4n) is 1.98. The molecule has 4 heteroatoms. The van der Waals surface area contributed by atoms with Gasteiger partial charge in [-0.05, 0) is 19.8 Å². The summed E-state index contributed by atoms with van der Waals surface area (Å²) in [5.74, 6) is 2.61. The Labute approximate surface area is 84.5 Å². The zero-order valence-electron chi connectivity index (χ0n) is 8.90. The van der Waals surface area contributed by atoms with Crippen LogP contribution in [-0.4, -0.2) is 20.8 Å². The summed E-state index contributed by atoms with van der Waals surface area (Å²) in [6.45, 7) is 5.23. The molecule has 0 saturated carbocycles. The Morgan fingerprint density at radius 3 is 3.07 bits per heavy atom. The Morgan fingerprint density at radius 1 is 1.64 bits per heavy atom. The molecule has 2 heterocycles. The van der Waals surface area contributed by atoms with Gasteiger partial charge in [0.1, 0.15) is 5.82 Å². The maximum atomic E-state index is 5.73. The highest BCUT2D eigenvalue weighted by molar-refractivity contribution is 5.02. The van der Waals surface area contributed by atoms with Crippen LogP contribution in [0.3, 0.4) is 0 Å². The van der Waals surface area contributed by atoms with Gasteiger partial charge < -0.3 is 5.73 Å². The molecule has 0 radical (unpaired) electrons. The quantitative estimate of drug-likeness (QED) is 0.766. The summed E-state index contributed by atoms with van der Waals surface area (Å²) in [5, 5.41) is 4.47. The van der Waals surface area contributed by atoms with Gasteiger partial charge in [0.15, 0.2) is 5.82 Å². The number of rotatable bonds is 2. The molecular formula is C10H18N4. The van der Waals surface area contributed by atoms with E-state index < -0.39 is 0 Å². The molecule has 2 N–H and O–H groups in total. The van der Waals surface area contributed by atoms with Crippen LogP contribution in [0.1, 0.15) is 44.3 Å². The van der Waals surface area contributed by atoms with E-state index in [0.717, 1.165) is 24.6 Å². The minimum Gasteiger partial charge on any atom is -0.328 e. The maximum absolute atomic E-state index is 5.73. The summed E-state index contributed by atoms with van der Waals surface area (Å²) in [4.78, 5) is 4.54. The highest BCUT2D eigenvalue weighted by Gasteiger charge is 2.20. The lowest BCUT2D eigenvalue weighted by atomic mass is 10.0. The van der Waals surface area contributed by atoms with Crippen LogP contribution >= 0.6 is 0 Å². The van der Waals surface area contributed by atoms with Crippen molar-refractivity contribution in [3.05, 3.63) is 11.6 Å². The molecular weight excluding hydrogens is 176 g/mol. The molecule has 14 heavy (non-hydrogen) atoms. The SMILES string of the molecule is CC(N)Cc1nc2n(n1)CCCC2C. The highest BCUT2D eigenvalue weighted by Crippen LogP contribution is 2.24. The third-order valence-corrected chi connectivity index (χ3v) is 2.70. The van der Waals surface area contributed by atoms with E-state index in [2.05, 4.69) is 17.0 Å². The maximum Gasteiger partial charge on any atom is 0.152 e. The van der Waals surface area contributed by atoms with Crippen molar-refractivity contribution in [2.75, 3.05) is 0 Å². The lowest BCUT2D eigenvalue weighted by Crippen LogP contribution is -2.18. The van der Waals surface area contributed by atoms with E-state index in [1.807, 2.05) is 11.6 Å². The molecule has 1 aromatic rings. The Balaban J connectivity index is 2.21. The van der Waals surface area contributed by atoms with Gasteiger partial charge in [0, 0.05) is 24.9 Å². The van der Waals surface area contributed by atoms with Crippen LogP contribution in [0.2, 0.25) is 0 Å². The third kappa shape index (κ3) is 1.80. The summed E-state index contributed by atoms with van der Waals surface area (Å²) in [6, 6.07) is 0.148. The van der Waals surface area contributed by atoms with Crippen molar-refractivity contribution in [3.63, 3.8) is 0 Å². The van der Waals surface area contributed by atoms with Crippen LogP contribution in [-0.2, 0) is 13.0 Å². The number of nitrogens with two attached hydrogens (primary N) is 1. The normalized spacial score (nSPS) is 23.2. The summed E-state index contributed by atoms with van der Waals surface area (Å²) in [5.41, 5.74) is 5.73. The topological polar surface area (TPSA) is 56.7 Å². The number of hydrogen-bond acceptors (Lipinski definition) is 3. The molecule has 1 aromatic heterocycles. The second-order valence-electron chi connectivity index (χ2n) is 4.33. The van der Waals surface area contributed by atoms with Crippen LogP contribution in [0.15, 0.2) is 0 Å². The lowest BCUT2D eigenvalue weighted by Gasteiger charge is -2.17. The molecule has 1 aliphatic rings. The van der Waals surface area contributed by atoms with E-state index in [4.69, 9.17) is 5.73 Å². The van der Waals surface area contributed by atoms with Crippen molar-refractivity contribution in [1.82, 2.24) is 14.8 Å². The zero-order chi connectivity index (χ0) is 10.1. The molecule has 2 atom stereocenters. The molecule has 0 amide bonds. The fraction of sp³-hybridized carbons (Fsp3) is 0.800. The average molecular weight is 194 g/mol. The van der Waals surface area contributed by atoms with Crippen LogP contribution in [0.25, 0.3) is 0 Å².